The number of carbonyl (C=O) groups excluding carboxylic acids is 1. The third-order valence-corrected chi connectivity index (χ3v) is 5.00. The summed E-state index contributed by atoms with van der Waals surface area (Å²) < 4.78 is 39.5. The molecule has 12 heteroatoms. The van der Waals surface area contributed by atoms with Gasteiger partial charge in [-0.1, -0.05) is 18.5 Å². The second-order valence-electron chi connectivity index (χ2n) is 6.78. The largest absolute Gasteiger partial charge is 0.480 e. The fraction of sp³-hybridized carbons (Fsp3) is 0.625. The van der Waals surface area contributed by atoms with E-state index >= 15 is 0 Å². The fourth-order valence-electron chi connectivity index (χ4n) is 3.15. The van der Waals surface area contributed by atoms with Gasteiger partial charge in [0.1, 0.15) is 6.54 Å². The van der Waals surface area contributed by atoms with Crippen molar-refractivity contribution in [2.24, 2.45) is 5.92 Å². The second kappa shape index (κ2) is 8.38. The number of amides is 1. The molecule has 0 spiro atoms. The van der Waals surface area contributed by atoms with Crippen LogP contribution in [-0.4, -0.2) is 56.7 Å². The average Bonchev–Trinajstić information content (AvgIpc) is 2.59. The standard InChI is InChI=1S/C16H20ClF3N4O4/c1-8-3-4-23(15(28)16(18,19)20)10(5-8)6-21-13-14(27)24(7-11(25)26)9(2)12(17)22-13/h8,10H,3-7H2,1-2H3,(H,21,22)(H,25,26)/t8-,10-/m1/s1. The molecule has 1 fully saturated rings. The first kappa shape index (κ1) is 22.0. The molecule has 1 aliphatic rings. The highest BCUT2D eigenvalue weighted by atomic mass is 35.5. The average molecular weight is 425 g/mol. The molecule has 2 atom stereocenters. The third-order valence-electron chi connectivity index (χ3n) is 4.64. The van der Waals surface area contributed by atoms with Gasteiger partial charge in [0.2, 0.25) is 0 Å². The van der Waals surface area contributed by atoms with Gasteiger partial charge < -0.3 is 15.3 Å². The summed E-state index contributed by atoms with van der Waals surface area (Å²) >= 11 is 5.94. The van der Waals surface area contributed by atoms with Crippen molar-refractivity contribution in [3.63, 3.8) is 0 Å². The maximum Gasteiger partial charge on any atom is 0.471 e. The van der Waals surface area contributed by atoms with Crippen molar-refractivity contribution >= 4 is 29.3 Å². The Balaban J connectivity index is 2.25. The summed E-state index contributed by atoms with van der Waals surface area (Å²) in [6.07, 6.45) is -4.23. The van der Waals surface area contributed by atoms with Crippen LogP contribution in [-0.2, 0) is 16.1 Å². The summed E-state index contributed by atoms with van der Waals surface area (Å²) in [4.78, 5) is 39.7. The van der Waals surface area contributed by atoms with E-state index in [1.54, 1.807) is 0 Å². The van der Waals surface area contributed by atoms with E-state index in [0.717, 1.165) is 9.47 Å². The number of carboxylic acid groups (broad SMARTS) is 1. The molecule has 1 saturated heterocycles. The summed E-state index contributed by atoms with van der Waals surface area (Å²) in [6, 6.07) is -0.799. The van der Waals surface area contributed by atoms with Crippen molar-refractivity contribution in [2.45, 2.75) is 45.5 Å². The molecule has 0 saturated carbocycles. The lowest BCUT2D eigenvalue weighted by atomic mass is 9.92. The molecule has 1 aliphatic heterocycles. The van der Waals surface area contributed by atoms with Crippen LogP contribution in [0.25, 0.3) is 0 Å². The van der Waals surface area contributed by atoms with Gasteiger partial charge in [-0.05, 0) is 25.7 Å². The number of hydrogen-bond acceptors (Lipinski definition) is 5. The number of aliphatic carboxylic acids is 1. The van der Waals surface area contributed by atoms with Crippen LogP contribution in [0.1, 0.15) is 25.5 Å². The van der Waals surface area contributed by atoms with Gasteiger partial charge in [-0.25, -0.2) is 4.98 Å². The summed E-state index contributed by atoms with van der Waals surface area (Å²) in [7, 11) is 0. The number of halogens is 4. The summed E-state index contributed by atoms with van der Waals surface area (Å²) in [5.41, 5.74) is -0.610. The fourth-order valence-corrected chi connectivity index (χ4v) is 3.34. The number of nitrogens with zero attached hydrogens (tertiary/aromatic N) is 3. The molecule has 28 heavy (non-hydrogen) atoms. The number of hydrogen-bond donors (Lipinski definition) is 2. The SMILES string of the molecule is Cc1c(Cl)nc(NC[C@H]2C[C@H](C)CCN2C(=O)C(F)(F)F)c(=O)n1CC(=O)O. The lowest BCUT2D eigenvalue weighted by Crippen LogP contribution is -2.53. The minimum atomic E-state index is -4.99. The molecule has 2 rings (SSSR count). The Bertz CT molecular complexity index is 827. The van der Waals surface area contributed by atoms with E-state index in [2.05, 4.69) is 10.3 Å². The van der Waals surface area contributed by atoms with Gasteiger partial charge in [0.25, 0.3) is 5.56 Å². The minimum absolute atomic E-state index is 0.0445. The van der Waals surface area contributed by atoms with Gasteiger partial charge in [0, 0.05) is 19.1 Å². The molecule has 0 bridgehead atoms. The summed E-state index contributed by atoms with van der Waals surface area (Å²) in [5, 5.41) is 11.5. The van der Waals surface area contributed by atoms with Crippen molar-refractivity contribution in [1.82, 2.24) is 14.5 Å². The van der Waals surface area contributed by atoms with Crippen LogP contribution >= 0.6 is 11.6 Å². The maximum absolute atomic E-state index is 12.9. The van der Waals surface area contributed by atoms with Crippen molar-refractivity contribution in [3.8, 4) is 0 Å². The first-order valence-electron chi connectivity index (χ1n) is 8.52. The smallest absolute Gasteiger partial charge is 0.471 e. The molecule has 0 aliphatic carbocycles. The van der Waals surface area contributed by atoms with Crippen LogP contribution in [0.15, 0.2) is 4.79 Å². The number of carboxylic acids is 1. The Morgan fingerprint density at radius 2 is 2.04 bits per heavy atom. The number of piperidine rings is 1. The van der Waals surface area contributed by atoms with E-state index in [0.29, 0.717) is 12.8 Å². The number of rotatable bonds is 5. The number of alkyl halides is 3. The number of aromatic nitrogens is 2. The van der Waals surface area contributed by atoms with E-state index in [1.165, 1.54) is 6.92 Å². The number of anilines is 1. The Hall–Kier alpha value is -2.30. The molecule has 8 nitrogen and oxygen atoms in total. The van der Waals surface area contributed by atoms with Gasteiger partial charge in [0.15, 0.2) is 11.0 Å². The van der Waals surface area contributed by atoms with Crippen molar-refractivity contribution in [1.29, 1.82) is 0 Å². The Morgan fingerprint density at radius 1 is 1.39 bits per heavy atom. The van der Waals surface area contributed by atoms with Crippen molar-refractivity contribution in [3.05, 3.63) is 21.2 Å². The summed E-state index contributed by atoms with van der Waals surface area (Å²) in [5.74, 6) is -3.37. The highest BCUT2D eigenvalue weighted by Crippen LogP contribution is 2.28. The quantitative estimate of drug-likeness (QED) is 0.748. The number of carbonyl (C=O) groups is 2. The first-order chi connectivity index (χ1) is 12.9. The number of nitrogens with one attached hydrogen (secondary N) is 1. The normalized spacial score (nSPS) is 20.1. The van der Waals surface area contributed by atoms with Crippen LogP contribution in [0.5, 0.6) is 0 Å². The minimum Gasteiger partial charge on any atom is -0.480 e. The second-order valence-corrected chi connectivity index (χ2v) is 7.14. The number of likely N-dealkylation sites (tertiary alicyclic amines) is 1. The van der Waals surface area contributed by atoms with E-state index < -0.39 is 36.2 Å². The Labute approximate surface area is 163 Å². The van der Waals surface area contributed by atoms with E-state index in [9.17, 15) is 27.6 Å². The monoisotopic (exact) mass is 424 g/mol. The Morgan fingerprint density at radius 3 is 2.61 bits per heavy atom. The molecular weight excluding hydrogens is 405 g/mol. The zero-order valence-corrected chi connectivity index (χ0v) is 16.0. The van der Waals surface area contributed by atoms with E-state index in [-0.39, 0.29) is 35.7 Å². The molecule has 0 radical (unpaired) electrons. The van der Waals surface area contributed by atoms with Gasteiger partial charge in [-0.2, -0.15) is 13.2 Å². The van der Waals surface area contributed by atoms with Gasteiger partial charge in [0.05, 0.1) is 5.69 Å². The predicted molar refractivity (Wildman–Crippen MR) is 94.3 cm³/mol. The molecule has 2 N–H and O–H groups in total. The van der Waals surface area contributed by atoms with Crippen LogP contribution < -0.4 is 10.9 Å². The van der Waals surface area contributed by atoms with Gasteiger partial charge >= 0.3 is 18.1 Å². The third kappa shape index (κ3) is 4.94. The molecule has 1 aromatic heterocycles. The highest BCUT2D eigenvalue weighted by molar-refractivity contribution is 6.30. The van der Waals surface area contributed by atoms with E-state index in [1.807, 2.05) is 6.92 Å². The van der Waals surface area contributed by atoms with Gasteiger partial charge in [-0.3, -0.25) is 19.0 Å². The zero-order chi connectivity index (χ0) is 21.2. The van der Waals surface area contributed by atoms with Crippen molar-refractivity contribution < 1.29 is 27.9 Å². The first-order valence-corrected chi connectivity index (χ1v) is 8.90. The molecule has 156 valence electrons. The van der Waals surface area contributed by atoms with E-state index in [4.69, 9.17) is 16.7 Å². The van der Waals surface area contributed by atoms with Crippen molar-refractivity contribution in [2.75, 3.05) is 18.4 Å². The molecule has 1 amide bonds. The molecule has 0 unspecified atom stereocenters. The topological polar surface area (TPSA) is 105 Å². The molecule has 1 aromatic rings. The summed E-state index contributed by atoms with van der Waals surface area (Å²) in [6.45, 7) is 2.46. The molecule has 2 heterocycles. The van der Waals surface area contributed by atoms with Crippen LogP contribution in [0.2, 0.25) is 5.15 Å². The van der Waals surface area contributed by atoms with Crippen LogP contribution in [0.3, 0.4) is 0 Å². The molecule has 0 aromatic carbocycles. The highest BCUT2D eigenvalue weighted by Gasteiger charge is 2.45. The molecular formula is C16H20ClF3N4O4. The maximum atomic E-state index is 12.9. The lowest BCUT2D eigenvalue weighted by molar-refractivity contribution is -0.189. The lowest BCUT2D eigenvalue weighted by Gasteiger charge is -2.38. The predicted octanol–water partition coefficient (Wildman–Crippen LogP) is 1.89. The zero-order valence-electron chi connectivity index (χ0n) is 15.2. The van der Waals surface area contributed by atoms with Crippen LogP contribution in [0, 0.1) is 12.8 Å². The van der Waals surface area contributed by atoms with Gasteiger partial charge in [-0.15, -0.1) is 0 Å². The Kier molecular flexibility index (Phi) is 6.58. The van der Waals surface area contributed by atoms with Crippen LogP contribution in [0.4, 0.5) is 19.0 Å².